The molecule has 0 saturated carbocycles. The van der Waals surface area contributed by atoms with Crippen LogP contribution in [0.1, 0.15) is 25.8 Å². The Hall–Kier alpha value is -1.06. The van der Waals surface area contributed by atoms with Crippen LogP contribution >= 0.6 is 11.6 Å². The number of likely N-dealkylation sites (tertiary alicyclic amines) is 1. The maximum absolute atomic E-state index is 12.6. The molecule has 0 aliphatic carbocycles. The maximum atomic E-state index is 12.6. The smallest absolute Gasteiger partial charge is 0.232 e. The zero-order valence-electron chi connectivity index (χ0n) is 10.8. The average Bonchev–Trinajstić information content (AvgIpc) is 2.74. The van der Waals surface area contributed by atoms with Gasteiger partial charge in [0.1, 0.15) is 0 Å². The van der Waals surface area contributed by atoms with E-state index in [1.807, 2.05) is 43.0 Å². The van der Waals surface area contributed by atoms with Gasteiger partial charge in [0.15, 0.2) is 0 Å². The standard InChI is InChI=1S/C14H19ClN2O/c1-14(2,10-4-3-5-11(15)8-10)13(18)17-7-6-12(16)9-17/h3-5,8,12H,6-7,9,16H2,1-2H3/t12-/m1/s1. The molecule has 4 heteroatoms. The van der Waals surface area contributed by atoms with E-state index in [1.165, 1.54) is 0 Å². The third kappa shape index (κ3) is 2.52. The molecule has 1 aliphatic rings. The summed E-state index contributed by atoms with van der Waals surface area (Å²) < 4.78 is 0. The van der Waals surface area contributed by atoms with E-state index in [0.717, 1.165) is 18.5 Å². The van der Waals surface area contributed by atoms with Gasteiger partial charge in [0.25, 0.3) is 0 Å². The summed E-state index contributed by atoms with van der Waals surface area (Å²) in [5.74, 6) is 0.123. The molecule has 0 aromatic heterocycles. The predicted molar refractivity (Wildman–Crippen MR) is 73.7 cm³/mol. The molecule has 0 unspecified atom stereocenters. The van der Waals surface area contributed by atoms with Gasteiger partial charge in [0, 0.05) is 24.2 Å². The molecule has 0 bridgehead atoms. The fraction of sp³-hybridized carbons (Fsp3) is 0.500. The number of carbonyl (C=O) groups excluding carboxylic acids is 1. The average molecular weight is 267 g/mol. The number of nitrogens with two attached hydrogens (primary N) is 1. The second-order valence-corrected chi connectivity index (χ2v) is 5.87. The minimum absolute atomic E-state index is 0.115. The van der Waals surface area contributed by atoms with Crippen molar-refractivity contribution in [2.75, 3.05) is 13.1 Å². The molecule has 0 radical (unpaired) electrons. The van der Waals surface area contributed by atoms with Crippen LogP contribution in [0.15, 0.2) is 24.3 Å². The van der Waals surface area contributed by atoms with Crippen LogP contribution in [0.25, 0.3) is 0 Å². The fourth-order valence-electron chi connectivity index (χ4n) is 2.37. The molecule has 18 heavy (non-hydrogen) atoms. The highest BCUT2D eigenvalue weighted by molar-refractivity contribution is 6.30. The van der Waals surface area contributed by atoms with Crippen molar-refractivity contribution in [1.82, 2.24) is 4.90 Å². The Bertz CT molecular complexity index is 459. The minimum atomic E-state index is -0.561. The van der Waals surface area contributed by atoms with Gasteiger partial charge in [-0.1, -0.05) is 23.7 Å². The highest BCUT2D eigenvalue weighted by Gasteiger charge is 2.36. The van der Waals surface area contributed by atoms with E-state index in [9.17, 15) is 4.79 Å². The lowest BCUT2D eigenvalue weighted by molar-refractivity contribution is -0.135. The van der Waals surface area contributed by atoms with Crippen molar-refractivity contribution in [3.8, 4) is 0 Å². The lowest BCUT2D eigenvalue weighted by Gasteiger charge is -2.29. The fourth-order valence-corrected chi connectivity index (χ4v) is 2.56. The second kappa shape index (κ2) is 4.90. The summed E-state index contributed by atoms with van der Waals surface area (Å²) >= 11 is 5.99. The molecule has 0 spiro atoms. The molecule has 1 aliphatic heterocycles. The molecule has 1 amide bonds. The van der Waals surface area contributed by atoms with Gasteiger partial charge in [0.2, 0.25) is 5.91 Å². The number of rotatable bonds is 2. The zero-order valence-corrected chi connectivity index (χ0v) is 11.6. The highest BCUT2D eigenvalue weighted by atomic mass is 35.5. The van der Waals surface area contributed by atoms with Crippen LogP contribution in [0.5, 0.6) is 0 Å². The minimum Gasteiger partial charge on any atom is -0.340 e. The van der Waals surface area contributed by atoms with Gasteiger partial charge < -0.3 is 10.6 Å². The lowest BCUT2D eigenvalue weighted by atomic mass is 9.83. The van der Waals surface area contributed by atoms with Gasteiger partial charge in [-0.25, -0.2) is 0 Å². The van der Waals surface area contributed by atoms with Gasteiger partial charge in [0.05, 0.1) is 5.41 Å². The first-order valence-corrected chi connectivity index (χ1v) is 6.60. The normalized spacial score (nSPS) is 20.2. The number of halogens is 1. The van der Waals surface area contributed by atoms with E-state index in [4.69, 9.17) is 17.3 Å². The Kier molecular flexibility index (Phi) is 3.64. The molecule has 3 nitrogen and oxygen atoms in total. The van der Waals surface area contributed by atoms with Crippen molar-refractivity contribution < 1.29 is 4.79 Å². The molecule has 1 fully saturated rings. The number of hydrogen-bond acceptors (Lipinski definition) is 2. The largest absolute Gasteiger partial charge is 0.340 e. The molecule has 98 valence electrons. The van der Waals surface area contributed by atoms with Crippen molar-refractivity contribution in [3.05, 3.63) is 34.9 Å². The summed E-state index contributed by atoms with van der Waals surface area (Å²) in [5, 5.41) is 0.659. The Morgan fingerprint density at radius 1 is 1.50 bits per heavy atom. The number of amides is 1. The Morgan fingerprint density at radius 3 is 2.78 bits per heavy atom. The van der Waals surface area contributed by atoms with Crippen LogP contribution in [0.3, 0.4) is 0 Å². The van der Waals surface area contributed by atoms with E-state index >= 15 is 0 Å². The summed E-state index contributed by atoms with van der Waals surface area (Å²) in [4.78, 5) is 14.4. The summed E-state index contributed by atoms with van der Waals surface area (Å²) in [6.07, 6.45) is 0.886. The van der Waals surface area contributed by atoms with Crippen LogP contribution in [0.2, 0.25) is 5.02 Å². The van der Waals surface area contributed by atoms with E-state index in [2.05, 4.69) is 0 Å². The Labute approximate surface area is 113 Å². The Morgan fingerprint density at radius 2 is 2.22 bits per heavy atom. The lowest BCUT2D eigenvalue weighted by Crippen LogP contribution is -2.43. The molecule has 1 aromatic carbocycles. The summed E-state index contributed by atoms with van der Waals surface area (Å²) in [6, 6.07) is 7.61. The van der Waals surface area contributed by atoms with Crippen LogP contribution in [-0.2, 0) is 10.2 Å². The summed E-state index contributed by atoms with van der Waals surface area (Å²) in [5.41, 5.74) is 6.24. The third-order valence-electron chi connectivity index (χ3n) is 3.59. The van der Waals surface area contributed by atoms with Crippen LogP contribution < -0.4 is 5.73 Å². The maximum Gasteiger partial charge on any atom is 0.232 e. The summed E-state index contributed by atoms with van der Waals surface area (Å²) in [6.45, 7) is 5.28. The van der Waals surface area contributed by atoms with Crippen molar-refractivity contribution in [2.24, 2.45) is 5.73 Å². The zero-order chi connectivity index (χ0) is 13.3. The second-order valence-electron chi connectivity index (χ2n) is 5.44. The molecule has 1 atom stereocenters. The van der Waals surface area contributed by atoms with Crippen LogP contribution in [-0.4, -0.2) is 29.9 Å². The van der Waals surface area contributed by atoms with Gasteiger partial charge in [-0.2, -0.15) is 0 Å². The SMILES string of the molecule is CC(C)(C(=O)N1CC[C@@H](N)C1)c1cccc(Cl)c1. The van der Waals surface area contributed by atoms with E-state index in [-0.39, 0.29) is 11.9 Å². The van der Waals surface area contributed by atoms with Gasteiger partial charge in [-0.3, -0.25) is 4.79 Å². The molecule has 2 N–H and O–H groups in total. The molecule has 1 heterocycles. The number of carbonyl (C=O) groups is 1. The summed E-state index contributed by atoms with van der Waals surface area (Å²) in [7, 11) is 0. The molecular weight excluding hydrogens is 248 g/mol. The van der Waals surface area contributed by atoms with Crippen molar-refractivity contribution >= 4 is 17.5 Å². The van der Waals surface area contributed by atoms with Crippen LogP contribution in [0.4, 0.5) is 0 Å². The van der Waals surface area contributed by atoms with Crippen molar-refractivity contribution in [1.29, 1.82) is 0 Å². The topological polar surface area (TPSA) is 46.3 Å². The first-order valence-electron chi connectivity index (χ1n) is 6.22. The monoisotopic (exact) mass is 266 g/mol. The first-order chi connectivity index (χ1) is 8.41. The highest BCUT2D eigenvalue weighted by Crippen LogP contribution is 2.29. The molecule has 1 aromatic rings. The van der Waals surface area contributed by atoms with E-state index in [0.29, 0.717) is 11.6 Å². The van der Waals surface area contributed by atoms with E-state index in [1.54, 1.807) is 0 Å². The quantitative estimate of drug-likeness (QED) is 0.892. The predicted octanol–water partition coefficient (Wildman–Crippen LogP) is 2.18. The first kappa shape index (κ1) is 13.4. The van der Waals surface area contributed by atoms with E-state index < -0.39 is 5.41 Å². The van der Waals surface area contributed by atoms with Crippen molar-refractivity contribution in [3.63, 3.8) is 0 Å². The molecule has 2 rings (SSSR count). The van der Waals surface area contributed by atoms with Gasteiger partial charge in [-0.05, 0) is 38.0 Å². The number of nitrogens with zero attached hydrogens (tertiary/aromatic N) is 1. The van der Waals surface area contributed by atoms with Gasteiger partial charge in [-0.15, -0.1) is 0 Å². The van der Waals surface area contributed by atoms with Gasteiger partial charge >= 0.3 is 0 Å². The number of benzene rings is 1. The third-order valence-corrected chi connectivity index (χ3v) is 3.83. The van der Waals surface area contributed by atoms with Crippen molar-refractivity contribution in [2.45, 2.75) is 31.7 Å². The van der Waals surface area contributed by atoms with Crippen LogP contribution in [0, 0.1) is 0 Å². The molecule has 1 saturated heterocycles. The Balaban J connectivity index is 2.22. The molecular formula is C14H19ClN2O. The number of hydrogen-bond donors (Lipinski definition) is 1.